The summed E-state index contributed by atoms with van der Waals surface area (Å²) in [6, 6.07) is -1.86. The van der Waals surface area contributed by atoms with Gasteiger partial charge in [0.2, 0.25) is 5.69 Å². The molecule has 0 aromatic carbocycles. The lowest BCUT2D eigenvalue weighted by Gasteiger charge is -2.35. The minimum atomic E-state index is -4.53. The van der Waals surface area contributed by atoms with Crippen molar-refractivity contribution in [2.24, 2.45) is 0 Å². The molecule has 1 saturated heterocycles. The Labute approximate surface area is 159 Å². The van der Waals surface area contributed by atoms with Gasteiger partial charge in [-0.05, 0) is 6.42 Å². The second-order valence-electron chi connectivity index (χ2n) is 5.96. The van der Waals surface area contributed by atoms with Gasteiger partial charge in [0.1, 0.15) is 11.7 Å². The maximum Gasteiger partial charge on any atom is 0.405 e. The number of amides is 1. The van der Waals surface area contributed by atoms with Crippen LogP contribution in [0.25, 0.3) is 0 Å². The number of halogens is 4. The quantitative estimate of drug-likeness (QED) is 0.457. The van der Waals surface area contributed by atoms with E-state index in [0.717, 1.165) is 0 Å². The van der Waals surface area contributed by atoms with Crippen LogP contribution in [0.1, 0.15) is 29.5 Å². The maximum atomic E-state index is 13.3. The molecule has 1 unspecified atom stereocenters. The van der Waals surface area contributed by atoms with E-state index in [1.807, 2.05) is 0 Å². The van der Waals surface area contributed by atoms with E-state index in [0.29, 0.717) is 25.9 Å². The lowest BCUT2D eigenvalue weighted by atomic mass is 10.2. The van der Waals surface area contributed by atoms with Crippen LogP contribution in [0.4, 0.5) is 18.9 Å². The molecule has 0 spiro atoms. The van der Waals surface area contributed by atoms with Crippen molar-refractivity contribution < 1.29 is 22.9 Å². The Kier molecular flexibility index (Phi) is 8.44. The summed E-state index contributed by atoms with van der Waals surface area (Å²) in [7, 11) is 0. The van der Waals surface area contributed by atoms with Gasteiger partial charge in [-0.25, -0.2) is 0 Å². The number of H-pyrrole nitrogens is 1. The summed E-state index contributed by atoms with van der Waals surface area (Å²) < 4.78 is 40.0. The molecule has 1 aliphatic heterocycles. The summed E-state index contributed by atoms with van der Waals surface area (Å²) in [4.78, 5) is 23.9. The Balaban J connectivity index is 0.00000364. The summed E-state index contributed by atoms with van der Waals surface area (Å²) >= 11 is 0. The first-order valence-corrected chi connectivity index (χ1v) is 8.27. The number of rotatable bonds is 7. The Morgan fingerprint density at radius 3 is 2.56 bits per heavy atom. The highest BCUT2D eigenvalue weighted by atomic mass is 35.5. The monoisotopic (exact) mass is 414 g/mol. The number of piperazine rings is 1. The van der Waals surface area contributed by atoms with Crippen molar-refractivity contribution in [3.63, 3.8) is 0 Å². The number of aryl methyl sites for hydroxylation is 1. The summed E-state index contributed by atoms with van der Waals surface area (Å²) in [6.07, 6.45) is -3.64. The number of carbonyl (C=O) groups excluding carboxylic acids is 1. The van der Waals surface area contributed by atoms with Gasteiger partial charge in [-0.2, -0.15) is 18.3 Å². The topological polar surface area (TPSA) is 116 Å². The third kappa shape index (κ3) is 5.78. The van der Waals surface area contributed by atoms with E-state index < -0.39 is 41.0 Å². The van der Waals surface area contributed by atoms with Gasteiger partial charge >= 0.3 is 11.9 Å². The van der Waals surface area contributed by atoms with Crippen molar-refractivity contribution in [2.75, 3.05) is 32.7 Å². The molecule has 1 aliphatic rings. The van der Waals surface area contributed by atoms with Gasteiger partial charge in [-0.3, -0.25) is 24.9 Å². The number of nitro groups is 1. The number of hydrogen-bond acceptors (Lipinski definition) is 6. The van der Waals surface area contributed by atoms with E-state index in [4.69, 9.17) is 0 Å². The molecule has 0 bridgehead atoms. The van der Waals surface area contributed by atoms with Crippen molar-refractivity contribution in [2.45, 2.75) is 32.0 Å². The van der Waals surface area contributed by atoms with E-state index in [-0.39, 0.29) is 31.2 Å². The molecule has 1 fully saturated rings. The van der Waals surface area contributed by atoms with Crippen LogP contribution < -0.4 is 10.6 Å². The SMILES string of the molecule is CCCc1[nH]nc(C(=O)NCC(N2CCNCC2)C(F)(F)F)c1[N+](=O)[O-].Cl. The van der Waals surface area contributed by atoms with Gasteiger partial charge < -0.3 is 10.6 Å². The average molecular weight is 415 g/mol. The lowest BCUT2D eigenvalue weighted by molar-refractivity contribution is -0.385. The number of nitrogens with zero attached hydrogens (tertiary/aromatic N) is 3. The summed E-state index contributed by atoms with van der Waals surface area (Å²) in [5.41, 5.74) is -0.813. The zero-order valence-corrected chi connectivity index (χ0v) is 15.5. The molecule has 1 aromatic rings. The predicted molar refractivity (Wildman–Crippen MR) is 93.1 cm³/mol. The smallest absolute Gasteiger partial charge is 0.348 e. The molecule has 3 N–H and O–H groups in total. The van der Waals surface area contributed by atoms with Crippen molar-refractivity contribution in [3.05, 3.63) is 21.5 Å². The van der Waals surface area contributed by atoms with Gasteiger partial charge in [0, 0.05) is 32.7 Å². The van der Waals surface area contributed by atoms with Crippen LogP contribution >= 0.6 is 12.4 Å². The van der Waals surface area contributed by atoms with Gasteiger partial charge in [-0.1, -0.05) is 13.3 Å². The normalized spacial score (nSPS) is 16.4. The van der Waals surface area contributed by atoms with E-state index in [1.165, 1.54) is 4.90 Å². The van der Waals surface area contributed by atoms with E-state index >= 15 is 0 Å². The Morgan fingerprint density at radius 2 is 2.04 bits per heavy atom. The second kappa shape index (κ2) is 9.85. The highest BCUT2D eigenvalue weighted by molar-refractivity contribution is 5.96. The first kappa shape index (κ1) is 23.1. The number of carbonyl (C=O) groups is 1. The fraction of sp³-hybridized carbons (Fsp3) is 0.714. The number of nitrogens with one attached hydrogen (secondary N) is 3. The molecule has 2 rings (SSSR count). The van der Waals surface area contributed by atoms with Crippen molar-refractivity contribution in [1.82, 2.24) is 25.7 Å². The molecule has 1 aromatic heterocycles. The third-order valence-corrected chi connectivity index (χ3v) is 4.14. The second-order valence-corrected chi connectivity index (χ2v) is 5.96. The highest BCUT2D eigenvalue weighted by Crippen LogP contribution is 2.26. The fourth-order valence-electron chi connectivity index (χ4n) is 2.87. The van der Waals surface area contributed by atoms with Gasteiger partial charge in [0.15, 0.2) is 0 Å². The molecule has 0 saturated carbocycles. The molecule has 0 radical (unpaired) electrons. The van der Waals surface area contributed by atoms with E-state index in [2.05, 4.69) is 20.8 Å². The fourth-order valence-corrected chi connectivity index (χ4v) is 2.87. The van der Waals surface area contributed by atoms with Gasteiger partial charge in [0.05, 0.1) is 4.92 Å². The van der Waals surface area contributed by atoms with Crippen LogP contribution in [0.2, 0.25) is 0 Å². The number of alkyl halides is 3. The first-order valence-electron chi connectivity index (χ1n) is 8.27. The Hall–Kier alpha value is -1.92. The van der Waals surface area contributed by atoms with Crippen LogP contribution in [-0.2, 0) is 6.42 Å². The van der Waals surface area contributed by atoms with Crippen LogP contribution in [0.5, 0.6) is 0 Å². The average Bonchev–Trinajstić information content (AvgIpc) is 2.99. The van der Waals surface area contributed by atoms with Crippen molar-refractivity contribution in [1.29, 1.82) is 0 Å². The third-order valence-electron chi connectivity index (χ3n) is 4.14. The molecule has 9 nitrogen and oxygen atoms in total. The van der Waals surface area contributed by atoms with Crippen LogP contribution in [0.3, 0.4) is 0 Å². The lowest BCUT2D eigenvalue weighted by Crippen LogP contribution is -2.57. The van der Waals surface area contributed by atoms with Crippen LogP contribution in [0, 0.1) is 10.1 Å². The molecule has 154 valence electrons. The minimum Gasteiger partial charge on any atom is -0.348 e. The zero-order valence-electron chi connectivity index (χ0n) is 14.6. The van der Waals surface area contributed by atoms with E-state index in [9.17, 15) is 28.1 Å². The molecule has 1 atom stereocenters. The molecule has 27 heavy (non-hydrogen) atoms. The molecule has 2 heterocycles. The first-order chi connectivity index (χ1) is 12.3. The van der Waals surface area contributed by atoms with Gasteiger partial charge in [0.25, 0.3) is 5.91 Å². The Bertz CT molecular complexity index is 649. The predicted octanol–water partition coefficient (Wildman–Crippen LogP) is 1.26. The molecule has 1 amide bonds. The molecule has 13 heteroatoms. The molecular formula is C14H22ClF3N6O3. The number of aromatic amines is 1. The summed E-state index contributed by atoms with van der Waals surface area (Å²) in [5, 5.41) is 22.4. The largest absolute Gasteiger partial charge is 0.405 e. The number of hydrogen-bond donors (Lipinski definition) is 3. The van der Waals surface area contributed by atoms with Crippen molar-refractivity contribution >= 4 is 24.0 Å². The summed E-state index contributed by atoms with van der Waals surface area (Å²) in [5.74, 6) is -1.00. The van der Waals surface area contributed by atoms with Crippen LogP contribution in [0.15, 0.2) is 0 Å². The maximum absolute atomic E-state index is 13.3. The van der Waals surface area contributed by atoms with Crippen molar-refractivity contribution in [3.8, 4) is 0 Å². The molecular weight excluding hydrogens is 393 g/mol. The van der Waals surface area contributed by atoms with Crippen LogP contribution in [-0.4, -0.2) is 70.9 Å². The molecule has 0 aliphatic carbocycles. The van der Waals surface area contributed by atoms with E-state index in [1.54, 1.807) is 6.92 Å². The zero-order chi connectivity index (χ0) is 19.3. The standard InChI is InChI=1S/C14H21F3N6O3.ClH/c1-2-3-9-12(23(25)26)11(21-20-9)13(24)19-8-10(14(15,16)17)22-6-4-18-5-7-22;/h10,18H,2-8H2,1H3,(H,19,24)(H,20,21);1H. The number of aromatic nitrogens is 2. The van der Waals surface area contributed by atoms with Gasteiger partial charge in [-0.15, -0.1) is 12.4 Å². The Morgan fingerprint density at radius 1 is 1.41 bits per heavy atom. The minimum absolute atomic E-state index is 0. The highest BCUT2D eigenvalue weighted by Gasteiger charge is 2.44. The summed E-state index contributed by atoms with van der Waals surface area (Å²) in [6.45, 7) is 2.34.